The van der Waals surface area contributed by atoms with Gasteiger partial charge in [0.25, 0.3) is 0 Å². The lowest BCUT2D eigenvalue weighted by molar-refractivity contribution is 0.305. The van der Waals surface area contributed by atoms with E-state index in [1.807, 2.05) is 25.2 Å². The van der Waals surface area contributed by atoms with E-state index in [4.69, 9.17) is 16.3 Å². The molecule has 1 N–H and O–H groups in total. The Labute approximate surface area is 131 Å². The monoisotopic (exact) mass is 357 g/mol. The summed E-state index contributed by atoms with van der Waals surface area (Å²) in [4.78, 5) is 0. The van der Waals surface area contributed by atoms with Gasteiger partial charge >= 0.3 is 0 Å². The topological polar surface area (TPSA) is 21.3 Å². The van der Waals surface area contributed by atoms with Crippen molar-refractivity contribution in [2.45, 2.75) is 13.2 Å². The maximum Gasteiger partial charge on any atom is 0.138 e. The van der Waals surface area contributed by atoms with Crippen LogP contribution in [0.2, 0.25) is 5.02 Å². The average molecular weight is 359 g/mol. The summed E-state index contributed by atoms with van der Waals surface area (Å²) in [5.74, 6) is 0.331. The third-order valence-electron chi connectivity index (χ3n) is 2.78. The summed E-state index contributed by atoms with van der Waals surface area (Å²) in [5, 5.41) is 3.63. The van der Waals surface area contributed by atoms with Crippen LogP contribution in [0.5, 0.6) is 5.75 Å². The molecule has 2 nitrogen and oxygen atoms in total. The summed E-state index contributed by atoms with van der Waals surface area (Å²) < 4.78 is 19.3. The highest BCUT2D eigenvalue weighted by Gasteiger charge is 2.06. The number of nitrogens with one attached hydrogen (secondary N) is 1. The van der Waals surface area contributed by atoms with Crippen molar-refractivity contribution in [2.24, 2.45) is 0 Å². The molecule has 0 aliphatic rings. The SMILES string of the molecule is CNCc1ccc(OCc2ccc(F)cc2Br)c(Cl)c1. The first-order valence-electron chi connectivity index (χ1n) is 6.10. The van der Waals surface area contributed by atoms with Crippen LogP contribution in [-0.4, -0.2) is 7.05 Å². The van der Waals surface area contributed by atoms with Gasteiger partial charge in [0.05, 0.1) is 5.02 Å². The molecule has 0 heterocycles. The highest BCUT2D eigenvalue weighted by Crippen LogP contribution is 2.27. The predicted molar refractivity (Wildman–Crippen MR) is 82.6 cm³/mol. The molecule has 106 valence electrons. The van der Waals surface area contributed by atoms with Crippen molar-refractivity contribution in [3.8, 4) is 5.75 Å². The molecule has 5 heteroatoms. The molecule has 2 aromatic rings. The number of ether oxygens (including phenoxy) is 1. The zero-order valence-corrected chi connectivity index (χ0v) is 13.3. The van der Waals surface area contributed by atoms with Crippen LogP contribution >= 0.6 is 27.5 Å². The van der Waals surface area contributed by atoms with E-state index in [1.54, 1.807) is 6.07 Å². The van der Waals surface area contributed by atoms with Crippen molar-refractivity contribution in [1.29, 1.82) is 0 Å². The first kappa shape index (κ1) is 15.3. The van der Waals surface area contributed by atoms with Gasteiger partial charge in [0.2, 0.25) is 0 Å². The van der Waals surface area contributed by atoms with Crippen LogP contribution in [0.3, 0.4) is 0 Å². The van der Waals surface area contributed by atoms with Gasteiger partial charge in [0.1, 0.15) is 18.2 Å². The van der Waals surface area contributed by atoms with Crippen LogP contribution < -0.4 is 10.1 Å². The Hall–Kier alpha value is -1.10. The quantitative estimate of drug-likeness (QED) is 0.847. The van der Waals surface area contributed by atoms with Gasteiger partial charge in [-0.05, 0) is 36.9 Å². The van der Waals surface area contributed by atoms with Crippen LogP contribution in [-0.2, 0) is 13.2 Å². The van der Waals surface area contributed by atoms with Gasteiger partial charge in [-0.3, -0.25) is 0 Å². The van der Waals surface area contributed by atoms with Crippen molar-refractivity contribution in [1.82, 2.24) is 5.32 Å². The summed E-state index contributed by atoms with van der Waals surface area (Å²) >= 11 is 9.48. The summed E-state index contributed by atoms with van der Waals surface area (Å²) in [6.45, 7) is 1.08. The van der Waals surface area contributed by atoms with Gasteiger partial charge in [-0.1, -0.05) is 39.7 Å². The lowest BCUT2D eigenvalue weighted by atomic mass is 10.2. The number of rotatable bonds is 5. The Balaban J connectivity index is 2.07. The maximum absolute atomic E-state index is 13.0. The highest BCUT2D eigenvalue weighted by molar-refractivity contribution is 9.10. The fourth-order valence-electron chi connectivity index (χ4n) is 1.77. The number of benzene rings is 2. The molecule has 0 radical (unpaired) electrons. The van der Waals surface area contributed by atoms with E-state index in [0.717, 1.165) is 17.7 Å². The second kappa shape index (κ2) is 7.07. The minimum atomic E-state index is -0.282. The van der Waals surface area contributed by atoms with Crippen LogP contribution in [0.4, 0.5) is 4.39 Å². The van der Waals surface area contributed by atoms with E-state index in [1.165, 1.54) is 12.1 Å². The molecular weight excluding hydrogens is 345 g/mol. The molecule has 0 aromatic heterocycles. The zero-order valence-electron chi connectivity index (χ0n) is 10.9. The van der Waals surface area contributed by atoms with Gasteiger partial charge in [0.15, 0.2) is 0 Å². The fourth-order valence-corrected chi connectivity index (χ4v) is 2.49. The van der Waals surface area contributed by atoms with Gasteiger partial charge < -0.3 is 10.1 Å². The normalized spacial score (nSPS) is 10.6. The van der Waals surface area contributed by atoms with Crippen LogP contribution in [0.1, 0.15) is 11.1 Å². The first-order valence-corrected chi connectivity index (χ1v) is 7.27. The molecule has 2 rings (SSSR count). The second-order valence-electron chi connectivity index (χ2n) is 4.32. The van der Waals surface area contributed by atoms with E-state index in [-0.39, 0.29) is 5.82 Å². The Morgan fingerprint density at radius 1 is 1.25 bits per heavy atom. The van der Waals surface area contributed by atoms with Gasteiger partial charge in [-0.15, -0.1) is 0 Å². The molecule has 0 aliphatic carbocycles. The Bertz CT molecular complexity index is 606. The molecule has 0 aliphatic heterocycles. The minimum absolute atomic E-state index is 0.282. The summed E-state index contributed by atoms with van der Waals surface area (Å²) in [7, 11) is 1.88. The molecular formula is C15H14BrClFNO. The van der Waals surface area contributed by atoms with Crippen LogP contribution in [0.25, 0.3) is 0 Å². The Kier molecular flexibility index (Phi) is 5.40. The number of halogens is 3. The average Bonchev–Trinajstić information content (AvgIpc) is 2.40. The third-order valence-corrected chi connectivity index (χ3v) is 3.81. The first-order chi connectivity index (χ1) is 9.60. The zero-order chi connectivity index (χ0) is 14.5. The van der Waals surface area contributed by atoms with Gasteiger partial charge in [0, 0.05) is 16.6 Å². The number of hydrogen-bond donors (Lipinski definition) is 1. The van der Waals surface area contributed by atoms with Gasteiger partial charge in [-0.2, -0.15) is 0 Å². The van der Waals surface area contributed by atoms with Crippen molar-refractivity contribution < 1.29 is 9.13 Å². The molecule has 0 saturated heterocycles. The number of hydrogen-bond acceptors (Lipinski definition) is 2. The predicted octanol–water partition coefficient (Wildman–Crippen LogP) is 4.54. The van der Waals surface area contributed by atoms with E-state index in [2.05, 4.69) is 21.2 Å². The molecule has 0 spiro atoms. The molecule has 2 aromatic carbocycles. The Morgan fingerprint density at radius 3 is 2.70 bits per heavy atom. The fraction of sp³-hybridized carbons (Fsp3) is 0.200. The van der Waals surface area contributed by atoms with Crippen molar-refractivity contribution in [2.75, 3.05) is 7.05 Å². The summed E-state index contributed by atoms with van der Waals surface area (Å²) in [6.07, 6.45) is 0. The van der Waals surface area contributed by atoms with Crippen LogP contribution in [0.15, 0.2) is 40.9 Å². The summed E-state index contributed by atoms with van der Waals surface area (Å²) in [6, 6.07) is 10.2. The second-order valence-corrected chi connectivity index (χ2v) is 5.58. The van der Waals surface area contributed by atoms with Crippen molar-refractivity contribution >= 4 is 27.5 Å². The van der Waals surface area contributed by atoms with Crippen LogP contribution in [0, 0.1) is 5.82 Å². The molecule has 0 saturated carbocycles. The molecule has 20 heavy (non-hydrogen) atoms. The van der Waals surface area contributed by atoms with E-state index in [9.17, 15) is 4.39 Å². The highest BCUT2D eigenvalue weighted by atomic mass is 79.9. The van der Waals surface area contributed by atoms with E-state index < -0.39 is 0 Å². The standard InChI is InChI=1S/C15H14BrClFNO/c1-19-8-10-2-5-15(14(17)6-10)20-9-11-3-4-12(18)7-13(11)16/h2-7,19H,8-9H2,1H3. The molecule has 0 fully saturated rings. The smallest absolute Gasteiger partial charge is 0.138 e. The van der Waals surface area contributed by atoms with E-state index in [0.29, 0.717) is 21.9 Å². The Morgan fingerprint density at radius 2 is 2.05 bits per heavy atom. The molecule has 0 amide bonds. The summed E-state index contributed by atoms with van der Waals surface area (Å²) in [5.41, 5.74) is 1.95. The van der Waals surface area contributed by atoms with Crippen molar-refractivity contribution in [3.05, 3.63) is 62.8 Å². The molecule has 0 unspecified atom stereocenters. The van der Waals surface area contributed by atoms with Crippen molar-refractivity contribution in [3.63, 3.8) is 0 Å². The van der Waals surface area contributed by atoms with E-state index >= 15 is 0 Å². The lowest BCUT2D eigenvalue weighted by Crippen LogP contribution is -2.05. The minimum Gasteiger partial charge on any atom is -0.487 e. The lowest BCUT2D eigenvalue weighted by Gasteiger charge is -2.10. The van der Waals surface area contributed by atoms with Gasteiger partial charge in [-0.25, -0.2) is 4.39 Å². The molecule has 0 atom stereocenters. The molecule has 0 bridgehead atoms. The third kappa shape index (κ3) is 3.95. The maximum atomic E-state index is 13.0. The largest absolute Gasteiger partial charge is 0.487 e.